The molecule has 4 heteroatoms. The quantitative estimate of drug-likeness (QED) is 0.694. The van der Waals surface area contributed by atoms with E-state index in [0.717, 1.165) is 0 Å². The summed E-state index contributed by atoms with van der Waals surface area (Å²) >= 11 is 5.82. The number of ether oxygens (including phenoxy) is 1. The van der Waals surface area contributed by atoms with E-state index in [9.17, 15) is 0 Å². The van der Waals surface area contributed by atoms with E-state index in [-0.39, 0.29) is 0 Å². The second-order valence-corrected chi connectivity index (χ2v) is 2.75. The molecule has 0 saturated heterocycles. The lowest BCUT2D eigenvalue weighted by Crippen LogP contribution is -1.98. The number of hydrogen-bond acceptors (Lipinski definition) is 3. The monoisotopic (exact) mass is 186 g/mol. The average Bonchev–Trinajstić information content (AvgIpc) is 2.01. The number of nitrogens with two attached hydrogens (primary N) is 2. The Morgan fingerprint density at radius 1 is 1.33 bits per heavy atom. The lowest BCUT2D eigenvalue weighted by atomic mass is 10.2. The summed E-state index contributed by atoms with van der Waals surface area (Å²) in [5.41, 5.74) is 12.0. The van der Waals surface area contributed by atoms with E-state index in [1.54, 1.807) is 12.1 Å². The first-order chi connectivity index (χ1) is 5.65. The zero-order chi connectivity index (χ0) is 9.14. The van der Waals surface area contributed by atoms with Gasteiger partial charge in [0, 0.05) is 6.07 Å². The maximum atomic E-state index is 5.82. The average molecular weight is 187 g/mol. The summed E-state index contributed by atoms with van der Waals surface area (Å²) in [6.07, 6.45) is 0. The number of halogens is 1. The molecule has 0 aromatic heterocycles. The van der Waals surface area contributed by atoms with E-state index in [1.807, 2.05) is 6.92 Å². The molecule has 0 unspecified atom stereocenters. The van der Waals surface area contributed by atoms with Gasteiger partial charge in [-0.25, -0.2) is 0 Å². The SMILES string of the molecule is CCOc1cc(N)c(N)cc1Cl. The van der Waals surface area contributed by atoms with E-state index in [4.69, 9.17) is 27.8 Å². The third-order valence-electron chi connectivity index (χ3n) is 1.44. The molecule has 0 amide bonds. The summed E-state index contributed by atoms with van der Waals surface area (Å²) < 4.78 is 5.20. The van der Waals surface area contributed by atoms with E-state index < -0.39 is 0 Å². The summed E-state index contributed by atoms with van der Waals surface area (Å²) in [7, 11) is 0. The third-order valence-corrected chi connectivity index (χ3v) is 1.73. The van der Waals surface area contributed by atoms with Crippen molar-refractivity contribution in [2.45, 2.75) is 6.92 Å². The maximum absolute atomic E-state index is 5.82. The number of nitrogen functional groups attached to an aromatic ring is 2. The fraction of sp³-hybridized carbons (Fsp3) is 0.250. The maximum Gasteiger partial charge on any atom is 0.140 e. The van der Waals surface area contributed by atoms with Crippen LogP contribution in [0.25, 0.3) is 0 Å². The van der Waals surface area contributed by atoms with Gasteiger partial charge in [-0.1, -0.05) is 11.6 Å². The number of rotatable bonds is 2. The Morgan fingerprint density at radius 3 is 2.50 bits per heavy atom. The Balaban J connectivity index is 3.05. The van der Waals surface area contributed by atoms with Crippen molar-refractivity contribution >= 4 is 23.0 Å². The molecular formula is C8H11ClN2O. The van der Waals surface area contributed by atoms with E-state index in [1.165, 1.54) is 0 Å². The van der Waals surface area contributed by atoms with Crippen LogP contribution >= 0.6 is 11.6 Å². The predicted octanol–water partition coefficient (Wildman–Crippen LogP) is 1.90. The van der Waals surface area contributed by atoms with Gasteiger partial charge in [0.25, 0.3) is 0 Å². The van der Waals surface area contributed by atoms with Crippen molar-refractivity contribution in [2.75, 3.05) is 18.1 Å². The Bertz CT molecular complexity index is 289. The van der Waals surface area contributed by atoms with Crippen LogP contribution in [-0.4, -0.2) is 6.61 Å². The first-order valence-corrected chi connectivity index (χ1v) is 4.00. The van der Waals surface area contributed by atoms with Crippen LogP contribution in [0.3, 0.4) is 0 Å². The van der Waals surface area contributed by atoms with Gasteiger partial charge in [-0.2, -0.15) is 0 Å². The van der Waals surface area contributed by atoms with Gasteiger partial charge in [0.1, 0.15) is 5.75 Å². The van der Waals surface area contributed by atoms with Crippen molar-refractivity contribution in [1.82, 2.24) is 0 Å². The molecule has 66 valence electrons. The summed E-state index contributed by atoms with van der Waals surface area (Å²) in [6, 6.07) is 3.21. The topological polar surface area (TPSA) is 61.3 Å². The Labute approximate surface area is 76.3 Å². The molecule has 3 nitrogen and oxygen atoms in total. The Hall–Kier alpha value is -1.09. The van der Waals surface area contributed by atoms with Crippen molar-refractivity contribution in [3.8, 4) is 5.75 Å². The van der Waals surface area contributed by atoms with Crippen molar-refractivity contribution in [1.29, 1.82) is 0 Å². The molecule has 0 fully saturated rings. The van der Waals surface area contributed by atoms with Crippen molar-refractivity contribution < 1.29 is 4.74 Å². The smallest absolute Gasteiger partial charge is 0.140 e. The predicted molar refractivity (Wildman–Crippen MR) is 51.4 cm³/mol. The van der Waals surface area contributed by atoms with Gasteiger partial charge >= 0.3 is 0 Å². The van der Waals surface area contributed by atoms with Gasteiger partial charge < -0.3 is 16.2 Å². The molecule has 1 aromatic carbocycles. The normalized spacial score (nSPS) is 9.83. The first-order valence-electron chi connectivity index (χ1n) is 3.62. The van der Waals surface area contributed by atoms with Crippen LogP contribution in [0, 0.1) is 0 Å². The molecule has 4 N–H and O–H groups in total. The van der Waals surface area contributed by atoms with Gasteiger partial charge in [0.05, 0.1) is 23.0 Å². The van der Waals surface area contributed by atoms with Crippen LogP contribution in [-0.2, 0) is 0 Å². The highest BCUT2D eigenvalue weighted by atomic mass is 35.5. The minimum Gasteiger partial charge on any atom is -0.492 e. The zero-order valence-corrected chi connectivity index (χ0v) is 7.56. The minimum absolute atomic E-state index is 0.475. The number of anilines is 2. The van der Waals surface area contributed by atoms with Crippen LogP contribution in [0.4, 0.5) is 11.4 Å². The van der Waals surface area contributed by atoms with Gasteiger partial charge in [0.15, 0.2) is 0 Å². The van der Waals surface area contributed by atoms with Crippen LogP contribution < -0.4 is 16.2 Å². The van der Waals surface area contributed by atoms with Crippen LogP contribution in [0.2, 0.25) is 5.02 Å². The molecule has 0 radical (unpaired) electrons. The lowest BCUT2D eigenvalue weighted by molar-refractivity contribution is 0.340. The molecular weight excluding hydrogens is 176 g/mol. The first kappa shape index (κ1) is 9.00. The highest BCUT2D eigenvalue weighted by Gasteiger charge is 2.04. The Morgan fingerprint density at radius 2 is 1.92 bits per heavy atom. The molecule has 0 aliphatic heterocycles. The third kappa shape index (κ3) is 1.74. The van der Waals surface area contributed by atoms with Gasteiger partial charge in [-0.05, 0) is 13.0 Å². The van der Waals surface area contributed by atoms with Crippen LogP contribution in [0.15, 0.2) is 12.1 Å². The number of benzene rings is 1. The largest absolute Gasteiger partial charge is 0.492 e. The molecule has 0 aliphatic carbocycles. The zero-order valence-electron chi connectivity index (χ0n) is 6.80. The molecule has 1 rings (SSSR count). The van der Waals surface area contributed by atoms with Crippen molar-refractivity contribution in [3.05, 3.63) is 17.2 Å². The van der Waals surface area contributed by atoms with Crippen molar-refractivity contribution in [3.63, 3.8) is 0 Å². The summed E-state index contributed by atoms with van der Waals surface area (Å²) in [5.74, 6) is 0.575. The molecule has 0 saturated carbocycles. The molecule has 0 spiro atoms. The highest BCUT2D eigenvalue weighted by Crippen LogP contribution is 2.30. The molecule has 0 atom stereocenters. The molecule has 0 heterocycles. The van der Waals surface area contributed by atoms with Gasteiger partial charge in [-0.15, -0.1) is 0 Å². The van der Waals surface area contributed by atoms with Crippen LogP contribution in [0.1, 0.15) is 6.92 Å². The van der Waals surface area contributed by atoms with E-state index in [2.05, 4.69) is 0 Å². The fourth-order valence-corrected chi connectivity index (χ4v) is 1.08. The second-order valence-electron chi connectivity index (χ2n) is 2.34. The fourth-order valence-electron chi connectivity index (χ4n) is 0.851. The van der Waals surface area contributed by atoms with E-state index in [0.29, 0.717) is 28.8 Å². The number of hydrogen-bond donors (Lipinski definition) is 2. The molecule has 12 heavy (non-hydrogen) atoms. The van der Waals surface area contributed by atoms with Crippen LogP contribution in [0.5, 0.6) is 5.75 Å². The standard InChI is InChI=1S/C8H11ClN2O/c1-2-12-8-4-7(11)6(10)3-5(8)9/h3-4H,2,10-11H2,1H3. The lowest BCUT2D eigenvalue weighted by Gasteiger charge is -2.07. The van der Waals surface area contributed by atoms with Gasteiger partial charge in [-0.3, -0.25) is 0 Å². The van der Waals surface area contributed by atoms with E-state index >= 15 is 0 Å². The summed E-state index contributed by atoms with van der Waals surface area (Å²) in [4.78, 5) is 0. The molecule has 0 bridgehead atoms. The molecule has 0 aliphatic rings. The Kier molecular flexibility index (Phi) is 2.65. The summed E-state index contributed by atoms with van der Waals surface area (Å²) in [6.45, 7) is 2.44. The van der Waals surface area contributed by atoms with Crippen molar-refractivity contribution in [2.24, 2.45) is 0 Å². The second kappa shape index (κ2) is 3.54. The minimum atomic E-state index is 0.475. The van der Waals surface area contributed by atoms with Gasteiger partial charge in [0.2, 0.25) is 0 Å². The summed E-state index contributed by atoms with van der Waals surface area (Å²) in [5, 5.41) is 0.489. The molecule has 1 aromatic rings. The highest BCUT2D eigenvalue weighted by molar-refractivity contribution is 6.32.